The van der Waals surface area contributed by atoms with Gasteiger partial charge in [-0.1, -0.05) is 0 Å². The Labute approximate surface area is 76.0 Å². The SMILES string of the molecule is N=C(N)c1cncn1CC1CCO1. The minimum absolute atomic E-state index is 0.0526. The maximum absolute atomic E-state index is 7.29. The number of nitrogens with two attached hydrogens (primary N) is 1. The molecule has 70 valence electrons. The standard InChI is InChI=1S/C8H12N4O/c9-8(10)7-3-11-5-12(7)4-6-1-2-13-6/h3,5-6H,1-2,4H2,(H3,9,10). The van der Waals surface area contributed by atoms with Crippen molar-refractivity contribution < 1.29 is 4.74 Å². The van der Waals surface area contributed by atoms with Gasteiger partial charge in [-0.3, -0.25) is 5.41 Å². The van der Waals surface area contributed by atoms with Crippen molar-refractivity contribution in [2.45, 2.75) is 19.1 Å². The monoisotopic (exact) mass is 180 g/mol. The van der Waals surface area contributed by atoms with E-state index in [9.17, 15) is 0 Å². The Morgan fingerprint density at radius 2 is 2.62 bits per heavy atom. The normalized spacial score (nSPS) is 21.1. The van der Waals surface area contributed by atoms with Gasteiger partial charge in [0.1, 0.15) is 11.5 Å². The Kier molecular flexibility index (Phi) is 2.02. The minimum atomic E-state index is 0.0526. The van der Waals surface area contributed by atoms with Crippen molar-refractivity contribution in [2.75, 3.05) is 6.61 Å². The highest BCUT2D eigenvalue weighted by atomic mass is 16.5. The van der Waals surface area contributed by atoms with Crippen LogP contribution in [-0.4, -0.2) is 28.1 Å². The zero-order chi connectivity index (χ0) is 9.26. The lowest BCUT2D eigenvalue weighted by Gasteiger charge is -2.27. The van der Waals surface area contributed by atoms with Crippen LogP contribution in [0.4, 0.5) is 0 Å². The summed E-state index contributed by atoms with van der Waals surface area (Å²) in [4.78, 5) is 3.94. The van der Waals surface area contributed by atoms with E-state index in [-0.39, 0.29) is 11.9 Å². The fourth-order valence-electron chi connectivity index (χ4n) is 1.34. The van der Waals surface area contributed by atoms with Crippen LogP contribution >= 0.6 is 0 Å². The van der Waals surface area contributed by atoms with Crippen molar-refractivity contribution in [3.05, 3.63) is 18.2 Å². The molecule has 2 heterocycles. The van der Waals surface area contributed by atoms with Gasteiger partial charge in [-0.2, -0.15) is 0 Å². The number of amidine groups is 1. The third-order valence-electron chi connectivity index (χ3n) is 2.18. The third kappa shape index (κ3) is 1.55. The van der Waals surface area contributed by atoms with Crippen LogP contribution in [0.1, 0.15) is 12.1 Å². The molecule has 0 saturated carbocycles. The number of nitrogens with zero attached hydrogens (tertiary/aromatic N) is 2. The van der Waals surface area contributed by atoms with E-state index in [2.05, 4.69) is 4.98 Å². The van der Waals surface area contributed by atoms with E-state index in [1.807, 2.05) is 4.57 Å². The van der Waals surface area contributed by atoms with Crippen molar-refractivity contribution in [1.29, 1.82) is 5.41 Å². The molecule has 0 amide bonds. The zero-order valence-corrected chi connectivity index (χ0v) is 7.23. The summed E-state index contributed by atoms with van der Waals surface area (Å²) < 4.78 is 7.13. The lowest BCUT2D eigenvalue weighted by Crippen LogP contribution is -2.32. The predicted molar refractivity (Wildman–Crippen MR) is 47.6 cm³/mol. The van der Waals surface area contributed by atoms with Crippen LogP contribution in [0.15, 0.2) is 12.5 Å². The maximum Gasteiger partial charge on any atom is 0.141 e. The van der Waals surface area contributed by atoms with Gasteiger partial charge in [-0.05, 0) is 6.42 Å². The molecule has 0 radical (unpaired) electrons. The van der Waals surface area contributed by atoms with Crippen LogP contribution in [0.3, 0.4) is 0 Å². The highest BCUT2D eigenvalue weighted by molar-refractivity contribution is 5.93. The number of ether oxygens (including phenoxy) is 1. The topological polar surface area (TPSA) is 76.9 Å². The van der Waals surface area contributed by atoms with Crippen molar-refractivity contribution in [1.82, 2.24) is 9.55 Å². The number of nitrogen functional groups attached to an aromatic ring is 1. The fraction of sp³-hybridized carbons (Fsp3) is 0.500. The predicted octanol–water partition coefficient (Wildman–Crippen LogP) is -0.0439. The molecule has 0 bridgehead atoms. The molecule has 1 unspecified atom stereocenters. The molecule has 1 aliphatic rings. The first-order chi connectivity index (χ1) is 6.27. The lowest BCUT2D eigenvalue weighted by molar-refractivity contribution is -0.0592. The van der Waals surface area contributed by atoms with E-state index < -0.39 is 0 Å². The molecular formula is C8H12N4O. The smallest absolute Gasteiger partial charge is 0.141 e. The van der Waals surface area contributed by atoms with Crippen molar-refractivity contribution in [3.8, 4) is 0 Å². The van der Waals surface area contributed by atoms with E-state index >= 15 is 0 Å². The van der Waals surface area contributed by atoms with Gasteiger partial charge in [0.15, 0.2) is 0 Å². The molecule has 0 aliphatic carbocycles. The van der Waals surface area contributed by atoms with Crippen molar-refractivity contribution in [3.63, 3.8) is 0 Å². The summed E-state index contributed by atoms with van der Waals surface area (Å²) in [5.41, 5.74) is 6.04. The number of rotatable bonds is 3. The van der Waals surface area contributed by atoms with E-state index in [1.54, 1.807) is 12.5 Å². The highest BCUT2D eigenvalue weighted by Crippen LogP contribution is 2.14. The lowest BCUT2D eigenvalue weighted by atomic mass is 10.2. The molecule has 1 fully saturated rings. The van der Waals surface area contributed by atoms with Gasteiger partial charge in [0, 0.05) is 6.61 Å². The number of hydrogen-bond acceptors (Lipinski definition) is 3. The Morgan fingerprint density at radius 1 is 1.85 bits per heavy atom. The van der Waals surface area contributed by atoms with Gasteiger partial charge in [0.2, 0.25) is 0 Å². The summed E-state index contributed by atoms with van der Waals surface area (Å²) in [5.74, 6) is 0.0526. The van der Waals surface area contributed by atoms with Gasteiger partial charge in [0.25, 0.3) is 0 Å². The molecule has 1 atom stereocenters. The molecule has 1 saturated heterocycles. The average Bonchev–Trinajstić information content (AvgIpc) is 2.44. The number of nitrogens with one attached hydrogen (secondary N) is 1. The first kappa shape index (κ1) is 8.25. The van der Waals surface area contributed by atoms with Crippen LogP contribution in [0, 0.1) is 5.41 Å². The molecule has 1 aromatic rings. The molecule has 13 heavy (non-hydrogen) atoms. The Balaban J connectivity index is 2.09. The molecule has 1 aromatic heterocycles. The number of imidazole rings is 1. The Morgan fingerprint density at radius 3 is 3.15 bits per heavy atom. The summed E-state index contributed by atoms with van der Waals surface area (Å²) >= 11 is 0. The first-order valence-corrected chi connectivity index (χ1v) is 4.23. The molecule has 5 heteroatoms. The second kappa shape index (κ2) is 3.18. The largest absolute Gasteiger partial charge is 0.382 e. The van der Waals surface area contributed by atoms with Crippen LogP contribution in [-0.2, 0) is 11.3 Å². The average molecular weight is 180 g/mol. The van der Waals surface area contributed by atoms with Gasteiger partial charge in [0.05, 0.1) is 25.2 Å². The van der Waals surface area contributed by atoms with Crippen LogP contribution in [0.5, 0.6) is 0 Å². The highest BCUT2D eigenvalue weighted by Gasteiger charge is 2.19. The second-order valence-electron chi connectivity index (χ2n) is 3.13. The quantitative estimate of drug-likeness (QED) is 0.506. The molecule has 1 aliphatic heterocycles. The number of aromatic nitrogens is 2. The van der Waals surface area contributed by atoms with Crippen LogP contribution in [0.2, 0.25) is 0 Å². The Bertz CT molecular complexity index is 316. The third-order valence-corrected chi connectivity index (χ3v) is 2.18. The van der Waals surface area contributed by atoms with Crippen LogP contribution < -0.4 is 5.73 Å². The summed E-state index contributed by atoms with van der Waals surface area (Å²) in [6, 6.07) is 0. The fourth-order valence-corrected chi connectivity index (χ4v) is 1.34. The molecule has 0 spiro atoms. The molecule has 0 aromatic carbocycles. The molecule has 2 rings (SSSR count). The summed E-state index contributed by atoms with van der Waals surface area (Å²) in [6.07, 6.45) is 4.63. The first-order valence-electron chi connectivity index (χ1n) is 4.23. The second-order valence-corrected chi connectivity index (χ2v) is 3.13. The van der Waals surface area contributed by atoms with Crippen LogP contribution in [0.25, 0.3) is 0 Å². The molecular weight excluding hydrogens is 168 g/mol. The molecule has 3 N–H and O–H groups in total. The van der Waals surface area contributed by atoms with Gasteiger partial charge in [-0.25, -0.2) is 4.98 Å². The van der Waals surface area contributed by atoms with E-state index in [1.165, 1.54) is 0 Å². The van der Waals surface area contributed by atoms with Crippen molar-refractivity contribution >= 4 is 5.84 Å². The van der Waals surface area contributed by atoms with Gasteiger partial charge in [-0.15, -0.1) is 0 Å². The summed E-state index contributed by atoms with van der Waals surface area (Å²) in [6.45, 7) is 1.59. The van der Waals surface area contributed by atoms with Gasteiger partial charge >= 0.3 is 0 Å². The number of hydrogen-bond donors (Lipinski definition) is 2. The maximum atomic E-state index is 7.29. The van der Waals surface area contributed by atoms with E-state index in [0.29, 0.717) is 5.69 Å². The van der Waals surface area contributed by atoms with E-state index in [4.69, 9.17) is 15.9 Å². The minimum Gasteiger partial charge on any atom is -0.382 e. The van der Waals surface area contributed by atoms with Crippen molar-refractivity contribution in [2.24, 2.45) is 5.73 Å². The molecule has 5 nitrogen and oxygen atoms in total. The van der Waals surface area contributed by atoms with E-state index in [0.717, 1.165) is 19.6 Å². The summed E-state index contributed by atoms with van der Waals surface area (Å²) in [5, 5.41) is 7.29. The summed E-state index contributed by atoms with van der Waals surface area (Å²) in [7, 11) is 0. The zero-order valence-electron chi connectivity index (χ0n) is 7.23. The Hall–Kier alpha value is -1.36. The van der Waals surface area contributed by atoms with Gasteiger partial charge < -0.3 is 15.0 Å².